The molecule has 21 heavy (non-hydrogen) atoms. The van der Waals surface area contributed by atoms with Gasteiger partial charge in [0, 0.05) is 17.7 Å². The molecule has 1 aromatic heterocycles. The number of amides is 1. The summed E-state index contributed by atoms with van der Waals surface area (Å²) < 4.78 is 1.86. The summed E-state index contributed by atoms with van der Waals surface area (Å²) in [6, 6.07) is 2.13. The van der Waals surface area contributed by atoms with Crippen LogP contribution in [0.2, 0.25) is 0 Å². The van der Waals surface area contributed by atoms with Gasteiger partial charge in [0.15, 0.2) is 0 Å². The van der Waals surface area contributed by atoms with Gasteiger partial charge in [-0.05, 0) is 46.1 Å². The van der Waals surface area contributed by atoms with Gasteiger partial charge in [0.2, 0.25) is 5.91 Å². The zero-order valence-corrected chi connectivity index (χ0v) is 13.8. The van der Waals surface area contributed by atoms with E-state index in [9.17, 15) is 4.79 Å². The van der Waals surface area contributed by atoms with Crippen molar-refractivity contribution in [1.82, 2.24) is 15.1 Å². The van der Waals surface area contributed by atoms with Crippen LogP contribution in [0, 0.1) is 25.2 Å². The topological polar surface area (TPSA) is 70.7 Å². The molecule has 116 valence electrons. The lowest BCUT2D eigenvalue weighted by Crippen LogP contribution is -2.42. The number of nitrogens with zero attached hydrogens (tertiary/aromatic N) is 3. The van der Waals surface area contributed by atoms with Crippen molar-refractivity contribution in [1.29, 1.82) is 5.26 Å². The van der Waals surface area contributed by atoms with E-state index in [2.05, 4.69) is 23.4 Å². The van der Waals surface area contributed by atoms with Crippen LogP contribution in [0.15, 0.2) is 0 Å². The van der Waals surface area contributed by atoms with Crippen molar-refractivity contribution in [2.24, 2.45) is 0 Å². The molecule has 0 atom stereocenters. The zero-order chi connectivity index (χ0) is 16.0. The molecule has 1 heterocycles. The summed E-state index contributed by atoms with van der Waals surface area (Å²) in [7, 11) is 0. The summed E-state index contributed by atoms with van der Waals surface area (Å²) in [5, 5.41) is 16.2. The third-order valence-corrected chi connectivity index (χ3v) is 3.93. The number of carbonyl (C=O) groups excluding carboxylic acids is 1. The lowest BCUT2D eigenvalue weighted by atomic mass is 10.0. The summed E-state index contributed by atoms with van der Waals surface area (Å²) in [5.41, 5.74) is 2.98. The van der Waals surface area contributed by atoms with Crippen molar-refractivity contribution in [3.8, 4) is 6.07 Å². The molecule has 0 aliphatic carbocycles. The lowest BCUT2D eigenvalue weighted by molar-refractivity contribution is -0.122. The van der Waals surface area contributed by atoms with E-state index in [4.69, 9.17) is 5.26 Å². The third-order valence-electron chi connectivity index (χ3n) is 3.93. The Morgan fingerprint density at radius 1 is 1.43 bits per heavy atom. The van der Waals surface area contributed by atoms with Crippen LogP contribution in [-0.2, 0) is 17.8 Å². The molecule has 5 nitrogen and oxygen atoms in total. The maximum Gasteiger partial charge on any atom is 0.220 e. The van der Waals surface area contributed by atoms with E-state index in [0.717, 1.165) is 23.4 Å². The zero-order valence-electron chi connectivity index (χ0n) is 13.8. The van der Waals surface area contributed by atoms with Crippen LogP contribution in [-0.4, -0.2) is 21.2 Å². The van der Waals surface area contributed by atoms with Crippen LogP contribution in [0.25, 0.3) is 0 Å². The third kappa shape index (κ3) is 4.89. The first kappa shape index (κ1) is 17.2. The fourth-order valence-electron chi connectivity index (χ4n) is 2.24. The molecule has 5 heteroatoms. The normalized spacial score (nSPS) is 11.2. The number of aromatic nitrogens is 2. The van der Waals surface area contributed by atoms with Crippen molar-refractivity contribution >= 4 is 5.91 Å². The van der Waals surface area contributed by atoms with Gasteiger partial charge in [-0.3, -0.25) is 9.48 Å². The molecule has 0 aliphatic rings. The highest BCUT2D eigenvalue weighted by atomic mass is 16.1. The van der Waals surface area contributed by atoms with E-state index in [0.29, 0.717) is 25.8 Å². The summed E-state index contributed by atoms with van der Waals surface area (Å²) in [6.07, 6.45) is 2.51. The molecule has 0 aromatic carbocycles. The predicted molar refractivity (Wildman–Crippen MR) is 82.8 cm³/mol. The van der Waals surface area contributed by atoms with Crippen molar-refractivity contribution in [2.45, 2.75) is 72.4 Å². The van der Waals surface area contributed by atoms with Gasteiger partial charge in [0.1, 0.15) is 0 Å². The van der Waals surface area contributed by atoms with Crippen LogP contribution < -0.4 is 5.32 Å². The van der Waals surface area contributed by atoms with Crippen LogP contribution in [0.3, 0.4) is 0 Å². The van der Waals surface area contributed by atoms with E-state index >= 15 is 0 Å². The smallest absolute Gasteiger partial charge is 0.220 e. The standard InChI is InChI=1S/C16H26N4O/c1-6-16(4,5)18-15(21)9-8-14-12(2)19-20(13(14)3)11-7-10-17/h6-9,11H2,1-5H3,(H,18,21). The van der Waals surface area contributed by atoms with Crippen LogP contribution in [0.1, 0.15) is 57.0 Å². The number of nitrogens with one attached hydrogen (secondary N) is 1. The summed E-state index contributed by atoms with van der Waals surface area (Å²) in [4.78, 5) is 12.0. The molecule has 1 N–H and O–H groups in total. The molecule has 0 aliphatic heterocycles. The van der Waals surface area contributed by atoms with E-state index in [1.54, 1.807) is 0 Å². The quantitative estimate of drug-likeness (QED) is 0.839. The number of nitriles is 1. The van der Waals surface area contributed by atoms with Gasteiger partial charge in [-0.2, -0.15) is 10.4 Å². The maximum atomic E-state index is 12.0. The van der Waals surface area contributed by atoms with E-state index in [1.165, 1.54) is 0 Å². The minimum atomic E-state index is -0.155. The molecular formula is C16H26N4O. The highest BCUT2D eigenvalue weighted by Crippen LogP contribution is 2.16. The number of rotatable bonds is 7. The van der Waals surface area contributed by atoms with Gasteiger partial charge in [0.05, 0.1) is 24.7 Å². The average molecular weight is 290 g/mol. The SMILES string of the molecule is CCC(C)(C)NC(=O)CCc1c(C)nn(CCC#N)c1C. The van der Waals surface area contributed by atoms with E-state index in [1.807, 2.05) is 32.4 Å². The fourth-order valence-corrected chi connectivity index (χ4v) is 2.24. The Hall–Kier alpha value is -1.83. The van der Waals surface area contributed by atoms with Crippen LogP contribution in [0.4, 0.5) is 0 Å². The molecule has 0 fully saturated rings. The van der Waals surface area contributed by atoms with Gasteiger partial charge in [-0.25, -0.2) is 0 Å². The Labute approximate surface area is 127 Å². The van der Waals surface area contributed by atoms with Gasteiger partial charge in [-0.1, -0.05) is 6.92 Å². The minimum Gasteiger partial charge on any atom is -0.351 e. The second kappa shape index (κ2) is 7.26. The number of aryl methyl sites for hydroxylation is 2. The summed E-state index contributed by atoms with van der Waals surface area (Å²) in [5.74, 6) is 0.0745. The first-order valence-electron chi connectivity index (χ1n) is 7.51. The Morgan fingerprint density at radius 2 is 2.10 bits per heavy atom. The largest absolute Gasteiger partial charge is 0.351 e. The number of carbonyl (C=O) groups is 1. The van der Waals surface area contributed by atoms with Crippen molar-refractivity contribution in [3.05, 3.63) is 17.0 Å². The molecule has 0 saturated heterocycles. The predicted octanol–water partition coefficient (Wildman–Crippen LogP) is 2.65. The fraction of sp³-hybridized carbons (Fsp3) is 0.688. The Morgan fingerprint density at radius 3 is 2.67 bits per heavy atom. The van der Waals surface area contributed by atoms with Gasteiger partial charge in [-0.15, -0.1) is 0 Å². The monoisotopic (exact) mass is 290 g/mol. The highest BCUT2D eigenvalue weighted by molar-refractivity contribution is 5.77. The Balaban J connectivity index is 2.66. The van der Waals surface area contributed by atoms with E-state index in [-0.39, 0.29) is 11.4 Å². The van der Waals surface area contributed by atoms with Gasteiger partial charge in [0.25, 0.3) is 0 Å². The molecule has 0 spiro atoms. The molecule has 0 bridgehead atoms. The average Bonchev–Trinajstić information content (AvgIpc) is 2.68. The first-order chi connectivity index (χ1) is 9.80. The number of hydrogen-bond donors (Lipinski definition) is 1. The second-order valence-electron chi connectivity index (χ2n) is 6.07. The molecule has 0 radical (unpaired) electrons. The van der Waals surface area contributed by atoms with Crippen LogP contribution >= 0.6 is 0 Å². The summed E-state index contributed by atoms with van der Waals surface area (Å²) >= 11 is 0. The Kier molecular flexibility index (Phi) is 5.95. The summed E-state index contributed by atoms with van der Waals surface area (Å²) in [6.45, 7) is 10.7. The molecule has 1 amide bonds. The highest BCUT2D eigenvalue weighted by Gasteiger charge is 2.18. The molecule has 0 unspecified atom stereocenters. The lowest BCUT2D eigenvalue weighted by Gasteiger charge is -2.24. The first-order valence-corrected chi connectivity index (χ1v) is 7.51. The van der Waals surface area contributed by atoms with Crippen molar-refractivity contribution in [3.63, 3.8) is 0 Å². The van der Waals surface area contributed by atoms with Crippen molar-refractivity contribution < 1.29 is 4.79 Å². The molecular weight excluding hydrogens is 264 g/mol. The van der Waals surface area contributed by atoms with Gasteiger partial charge >= 0.3 is 0 Å². The maximum absolute atomic E-state index is 12.0. The van der Waals surface area contributed by atoms with Gasteiger partial charge < -0.3 is 5.32 Å². The minimum absolute atomic E-state index is 0.0745. The van der Waals surface area contributed by atoms with Crippen LogP contribution in [0.5, 0.6) is 0 Å². The molecule has 1 aromatic rings. The number of hydrogen-bond acceptors (Lipinski definition) is 3. The van der Waals surface area contributed by atoms with Crippen molar-refractivity contribution in [2.75, 3.05) is 0 Å². The van der Waals surface area contributed by atoms with E-state index < -0.39 is 0 Å². The molecule has 0 saturated carbocycles. The molecule has 1 rings (SSSR count). The Bertz CT molecular complexity index is 537. The second-order valence-corrected chi connectivity index (χ2v) is 6.07.